The Balaban J connectivity index is 1.59. The van der Waals surface area contributed by atoms with E-state index < -0.39 is 32.5 Å². The van der Waals surface area contributed by atoms with Gasteiger partial charge in [-0.1, -0.05) is 0 Å². The van der Waals surface area contributed by atoms with E-state index in [0.29, 0.717) is 57.1 Å². The van der Waals surface area contributed by atoms with Crippen LogP contribution in [0, 0.1) is 11.6 Å². The smallest absolute Gasteiger partial charge is 0.316 e. The van der Waals surface area contributed by atoms with Crippen LogP contribution in [0.25, 0.3) is 5.69 Å². The van der Waals surface area contributed by atoms with Crippen molar-refractivity contribution in [3.8, 4) is 11.4 Å². The van der Waals surface area contributed by atoms with Gasteiger partial charge in [-0.2, -0.15) is 14.1 Å². The molecule has 1 aliphatic heterocycles. The molecule has 2 unspecified atom stereocenters. The highest BCUT2D eigenvalue weighted by atomic mass is 32.2. The zero-order valence-electron chi connectivity index (χ0n) is 22.2. The number of anilines is 1. The minimum atomic E-state index is -3.42. The Morgan fingerprint density at radius 2 is 1.69 bits per heavy atom. The molecular formula is C26H35F3N4O5S. The van der Waals surface area contributed by atoms with Crippen molar-refractivity contribution in [2.75, 3.05) is 44.4 Å². The summed E-state index contributed by atoms with van der Waals surface area (Å²) in [5.74, 6) is -1.72. The minimum absolute atomic E-state index is 0.0158. The number of piperazine rings is 1. The van der Waals surface area contributed by atoms with Crippen molar-refractivity contribution in [2.24, 2.45) is 0 Å². The third kappa shape index (κ3) is 6.93. The molecule has 1 saturated heterocycles. The molecule has 2 aliphatic rings. The van der Waals surface area contributed by atoms with E-state index in [-0.39, 0.29) is 43.4 Å². The first-order chi connectivity index (χ1) is 18.6. The first-order valence-corrected chi connectivity index (χ1v) is 14.8. The van der Waals surface area contributed by atoms with Crippen LogP contribution >= 0.6 is 0 Å². The number of nitrogens with zero attached hydrogens (tertiary/aromatic N) is 4. The summed E-state index contributed by atoms with van der Waals surface area (Å²) >= 11 is 0. The van der Waals surface area contributed by atoms with E-state index in [2.05, 4.69) is 5.10 Å². The predicted molar refractivity (Wildman–Crippen MR) is 141 cm³/mol. The van der Waals surface area contributed by atoms with Gasteiger partial charge in [0.15, 0.2) is 0 Å². The third-order valence-electron chi connectivity index (χ3n) is 7.04. The van der Waals surface area contributed by atoms with Crippen LogP contribution in [-0.4, -0.2) is 79.4 Å². The van der Waals surface area contributed by atoms with E-state index in [1.54, 1.807) is 13.8 Å². The lowest BCUT2D eigenvalue weighted by Crippen LogP contribution is -2.50. The van der Waals surface area contributed by atoms with Crippen LogP contribution < -0.4 is 15.2 Å². The molecule has 1 saturated carbocycles. The minimum Gasteiger partial charge on any atom is -0.483 e. The van der Waals surface area contributed by atoms with E-state index >= 15 is 0 Å². The van der Waals surface area contributed by atoms with E-state index in [4.69, 9.17) is 9.47 Å². The monoisotopic (exact) mass is 572 g/mol. The van der Waals surface area contributed by atoms with Crippen LogP contribution in [0.3, 0.4) is 0 Å². The molecule has 9 nitrogen and oxygen atoms in total. The molecule has 2 heterocycles. The molecule has 0 spiro atoms. The maximum atomic E-state index is 13.9. The van der Waals surface area contributed by atoms with Crippen molar-refractivity contribution in [2.45, 2.75) is 63.4 Å². The quantitative estimate of drug-likeness (QED) is 0.381. The lowest BCUT2D eigenvalue weighted by atomic mass is 10.2. The van der Waals surface area contributed by atoms with E-state index in [1.807, 2.05) is 4.90 Å². The molecule has 0 N–H and O–H groups in total. The summed E-state index contributed by atoms with van der Waals surface area (Å²) in [5.41, 5.74) is -0.369. The number of alkyl halides is 1. The SMILES string of the molecule is CC(C)S(=O)(=O)N1CCN(c2cnn(-c3cc(F)cc(F)c3)c(=O)c2OC2CCC(OCCCCF)C2)CC1. The van der Waals surface area contributed by atoms with E-state index in [1.165, 1.54) is 10.5 Å². The molecule has 1 aliphatic carbocycles. The van der Waals surface area contributed by atoms with Gasteiger partial charge in [0.2, 0.25) is 15.8 Å². The van der Waals surface area contributed by atoms with Gasteiger partial charge in [-0.3, -0.25) is 9.18 Å². The number of unbranched alkanes of at least 4 members (excludes halogenated alkanes) is 1. The largest absolute Gasteiger partial charge is 0.483 e. The van der Waals surface area contributed by atoms with Crippen molar-refractivity contribution < 1.29 is 31.1 Å². The van der Waals surface area contributed by atoms with Crippen molar-refractivity contribution in [3.63, 3.8) is 0 Å². The Morgan fingerprint density at radius 1 is 1.03 bits per heavy atom. The molecule has 0 radical (unpaired) electrons. The predicted octanol–water partition coefficient (Wildman–Crippen LogP) is 3.44. The molecule has 216 valence electrons. The summed E-state index contributed by atoms with van der Waals surface area (Å²) in [6.07, 6.45) is 3.94. The van der Waals surface area contributed by atoms with Crippen LogP contribution in [0.15, 0.2) is 29.2 Å². The van der Waals surface area contributed by atoms with Crippen LogP contribution in [0.4, 0.5) is 18.9 Å². The van der Waals surface area contributed by atoms with Gasteiger partial charge in [-0.05, 0) is 51.7 Å². The number of aromatic nitrogens is 2. The van der Waals surface area contributed by atoms with Gasteiger partial charge >= 0.3 is 5.56 Å². The van der Waals surface area contributed by atoms with Gasteiger partial charge in [0.1, 0.15) is 23.4 Å². The van der Waals surface area contributed by atoms with Gasteiger partial charge in [0.25, 0.3) is 0 Å². The third-order valence-corrected chi connectivity index (χ3v) is 9.32. The number of benzene rings is 1. The number of halogens is 3. The summed E-state index contributed by atoms with van der Waals surface area (Å²) in [7, 11) is -3.42. The summed E-state index contributed by atoms with van der Waals surface area (Å²) in [5, 5.41) is 3.63. The fraction of sp³-hybridized carbons (Fsp3) is 0.615. The fourth-order valence-electron chi connectivity index (χ4n) is 4.86. The number of ether oxygens (including phenoxy) is 2. The molecule has 1 aromatic carbocycles. The first kappa shape index (κ1) is 29.3. The zero-order valence-corrected chi connectivity index (χ0v) is 23.0. The average Bonchev–Trinajstić information content (AvgIpc) is 3.34. The highest BCUT2D eigenvalue weighted by Gasteiger charge is 2.33. The molecular weight excluding hydrogens is 537 g/mol. The van der Waals surface area contributed by atoms with Crippen molar-refractivity contribution in [3.05, 3.63) is 46.4 Å². The van der Waals surface area contributed by atoms with Gasteiger partial charge in [-0.25, -0.2) is 17.2 Å². The molecule has 4 rings (SSSR count). The number of rotatable bonds is 11. The summed E-state index contributed by atoms with van der Waals surface area (Å²) < 4.78 is 79.8. The maximum absolute atomic E-state index is 13.9. The normalized spacial score (nSPS) is 20.6. The molecule has 0 bridgehead atoms. The molecule has 1 aromatic heterocycles. The van der Waals surface area contributed by atoms with Gasteiger partial charge in [0, 0.05) is 45.3 Å². The Labute approximate surface area is 226 Å². The van der Waals surface area contributed by atoms with E-state index in [0.717, 1.165) is 23.2 Å². The standard InChI is InChI=1S/C26H35F3N4O5S/c1-18(2)39(35,36)32-10-8-31(9-11-32)24-17-30-33(21-14-19(28)13-20(29)15-21)26(34)25(24)38-23-6-5-22(16-23)37-12-4-3-7-27/h13-15,17-18,22-23H,3-12,16H2,1-2H3. The van der Waals surface area contributed by atoms with Crippen LogP contribution in [0.1, 0.15) is 46.0 Å². The average molecular weight is 573 g/mol. The van der Waals surface area contributed by atoms with Gasteiger partial charge < -0.3 is 14.4 Å². The number of hydrogen-bond acceptors (Lipinski definition) is 7. The Kier molecular flexibility index (Phi) is 9.55. The lowest BCUT2D eigenvalue weighted by Gasteiger charge is -2.36. The van der Waals surface area contributed by atoms with Crippen molar-refractivity contribution in [1.29, 1.82) is 0 Å². The van der Waals surface area contributed by atoms with Crippen molar-refractivity contribution >= 4 is 15.7 Å². The maximum Gasteiger partial charge on any atom is 0.316 e. The van der Waals surface area contributed by atoms with Crippen molar-refractivity contribution in [1.82, 2.24) is 14.1 Å². The summed E-state index contributed by atoms with van der Waals surface area (Å²) in [4.78, 5) is 15.5. The highest BCUT2D eigenvalue weighted by Crippen LogP contribution is 2.32. The zero-order chi connectivity index (χ0) is 28.2. The lowest BCUT2D eigenvalue weighted by molar-refractivity contribution is 0.0467. The second-order valence-corrected chi connectivity index (χ2v) is 12.6. The van der Waals surface area contributed by atoms with Gasteiger partial charge in [0.05, 0.1) is 29.9 Å². The molecule has 39 heavy (non-hydrogen) atoms. The Hall–Kier alpha value is -2.64. The number of sulfonamides is 1. The van der Waals surface area contributed by atoms with Crippen LogP contribution in [0.5, 0.6) is 5.75 Å². The Morgan fingerprint density at radius 3 is 2.33 bits per heavy atom. The molecule has 2 atom stereocenters. The second kappa shape index (κ2) is 12.7. The Bertz CT molecular complexity index is 1280. The first-order valence-electron chi connectivity index (χ1n) is 13.3. The fourth-order valence-corrected chi connectivity index (χ4v) is 6.13. The summed E-state index contributed by atoms with van der Waals surface area (Å²) in [6.45, 7) is 4.41. The molecule has 2 fully saturated rings. The summed E-state index contributed by atoms with van der Waals surface area (Å²) in [6, 6.07) is 2.72. The molecule has 0 amide bonds. The van der Waals surface area contributed by atoms with E-state index in [9.17, 15) is 26.4 Å². The molecule has 13 heteroatoms. The van der Waals surface area contributed by atoms with Gasteiger partial charge in [-0.15, -0.1) is 0 Å². The van der Waals surface area contributed by atoms with Crippen LogP contribution in [-0.2, 0) is 14.8 Å². The highest BCUT2D eigenvalue weighted by molar-refractivity contribution is 7.89. The van der Waals surface area contributed by atoms with Crippen LogP contribution in [0.2, 0.25) is 0 Å². The second-order valence-electron chi connectivity index (χ2n) is 10.1. The molecule has 2 aromatic rings. The topological polar surface area (TPSA) is 94.0 Å². The number of hydrogen-bond donors (Lipinski definition) is 0.